The number of hydrogen-bond donors (Lipinski definition) is 2. The quantitative estimate of drug-likeness (QED) is 0.349. The Balaban J connectivity index is 3.49. The first-order chi connectivity index (χ1) is 8.07. The maximum absolute atomic E-state index is 10.6. The molecule has 0 amide bonds. The first-order valence-electron chi connectivity index (χ1n) is 5.85. The van der Waals surface area contributed by atoms with Crippen molar-refractivity contribution in [1.82, 2.24) is 0 Å². The molecule has 4 nitrogen and oxygen atoms in total. The fraction of sp³-hybridized carbons (Fsp3) is 0.538. The van der Waals surface area contributed by atoms with E-state index in [4.69, 9.17) is 10.2 Å². The summed E-state index contributed by atoms with van der Waals surface area (Å²) in [6.07, 6.45) is 8.55. The minimum Gasteiger partial charge on any atom is -0.481 e. The molecule has 0 aromatic heterocycles. The second-order valence-corrected chi connectivity index (χ2v) is 3.87. The molecule has 0 heterocycles. The number of allylic oxidation sites excluding steroid dienone is 1. The molecule has 2 N–H and O–H groups in total. The molecule has 0 saturated heterocycles. The van der Waals surface area contributed by atoms with Crippen molar-refractivity contribution < 1.29 is 19.8 Å². The molecule has 0 aliphatic rings. The van der Waals surface area contributed by atoms with Crippen molar-refractivity contribution in [2.24, 2.45) is 0 Å². The minimum absolute atomic E-state index is 0.236. The van der Waals surface area contributed by atoms with Crippen LogP contribution in [-0.4, -0.2) is 22.2 Å². The van der Waals surface area contributed by atoms with Crippen molar-refractivity contribution >= 4 is 11.9 Å². The van der Waals surface area contributed by atoms with Crippen LogP contribution in [-0.2, 0) is 9.59 Å². The lowest BCUT2D eigenvalue weighted by atomic mass is 10.1. The molecule has 0 aliphatic heterocycles. The molecule has 17 heavy (non-hydrogen) atoms. The highest BCUT2D eigenvalue weighted by Crippen LogP contribution is 2.09. The van der Waals surface area contributed by atoms with Crippen LogP contribution in [0.2, 0.25) is 0 Å². The number of carboxylic acids is 2. The van der Waals surface area contributed by atoms with Gasteiger partial charge in [-0.1, -0.05) is 38.0 Å². The summed E-state index contributed by atoms with van der Waals surface area (Å²) < 4.78 is 0. The Hall–Kier alpha value is -1.58. The van der Waals surface area contributed by atoms with E-state index in [0.717, 1.165) is 38.5 Å². The van der Waals surface area contributed by atoms with Gasteiger partial charge in [0, 0.05) is 6.42 Å². The molecular weight excluding hydrogens is 220 g/mol. The van der Waals surface area contributed by atoms with Crippen molar-refractivity contribution in [3.05, 3.63) is 24.3 Å². The van der Waals surface area contributed by atoms with Gasteiger partial charge in [-0.3, -0.25) is 4.79 Å². The summed E-state index contributed by atoms with van der Waals surface area (Å²) in [5, 5.41) is 17.1. The van der Waals surface area contributed by atoms with Crippen molar-refractivity contribution in [2.75, 3.05) is 0 Å². The van der Waals surface area contributed by atoms with Crippen LogP contribution in [0, 0.1) is 0 Å². The lowest BCUT2D eigenvalue weighted by Gasteiger charge is -1.99. The van der Waals surface area contributed by atoms with Crippen molar-refractivity contribution in [2.45, 2.75) is 44.9 Å². The summed E-state index contributed by atoms with van der Waals surface area (Å²) in [6.45, 7) is 3.43. The Labute approximate surface area is 102 Å². The normalized spacial score (nSPS) is 11.2. The number of unbranched alkanes of at least 4 members (excludes halogenated alkanes) is 5. The second-order valence-electron chi connectivity index (χ2n) is 3.87. The third-order valence-corrected chi connectivity index (χ3v) is 2.43. The third kappa shape index (κ3) is 9.35. The highest BCUT2D eigenvalue weighted by molar-refractivity contribution is 5.89. The van der Waals surface area contributed by atoms with E-state index in [0.29, 0.717) is 0 Å². The van der Waals surface area contributed by atoms with Gasteiger partial charge in [-0.15, -0.1) is 0 Å². The van der Waals surface area contributed by atoms with Crippen LogP contribution in [0.25, 0.3) is 0 Å². The number of aliphatic carboxylic acids is 2. The Kier molecular flexibility index (Phi) is 8.74. The first-order valence-corrected chi connectivity index (χ1v) is 5.85. The Morgan fingerprint density at radius 1 is 1.00 bits per heavy atom. The fourth-order valence-corrected chi connectivity index (χ4v) is 1.47. The van der Waals surface area contributed by atoms with E-state index in [2.05, 4.69) is 6.58 Å². The molecule has 96 valence electrons. The largest absolute Gasteiger partial charge is 0.481 e. The first kappa shape index (κ1) is 15.4. The average Bonchev–Trinajstić information content (AvgIpc) is 2.26. The monoisotopic (exact) mass is 240 g/mol. The van der Waals surface area contributed by atoms with Gasteiger partial charge in [-0.2, -0.15) is 0 Å². The van der Waals surface area contributed by atoms with Gasteiger partial charge in [0.05, 0.1) is 5.57 Å². The third-order valence-electron chi connectivity index (χ3n) is 2.43. The highest BCUT2D eigenvalue weighted by Gasteiger charge is 2.00. The summed E-state index contributed by atoms with van der Waals surface area (Å²) >= 11 is 0. The molecule has 4 heteroatoms. The molecule has 0 aromatic rings. The number of carboxylic acid groups (broad SMARTS) is 2. The summed E-state index contributed by atoms with van der Waals surface area (Å²) in [7, 11) is 0. The average molecular weight is 240 g/mol. The van der Waals surface area contributed by atoms with E-state index < -0.39 is 11.9 Å². The molecule has 0 fully saturated rings. The summed E-state index contributed by atoms with van der Waals surface area (Å²) in [5.74, 6) is -1.69. The minimum atomic E-state index is -0.943. The van der Waals surface area contributed by atoms with Crippen molar-refractivity contribution in [1.29, 1.82) is 0 Å². The molecule has 0 bridgehead atoms. The van der Waals surface area contributed by atoms with Crippen LogP contribution in [0.1, 0.15) is 44.9 Å². The molecule has 0 radical (unpaired) electrons. The van der Waals surface area contributed by atoms with Gasteiger partial charge in [0.2, 0.25) is 0 Å². The van der Waals surface area contributed by atoms with E-state index in [-0.39, 0.29) is 12.0 Å². The maximum Gasteiger partial charge on any atom is 0.335 e. The van der Waals surface area contributed by atoms with Gasteiger partial charge < -0.3 is 10.2 Å². The summed E-state index contributed by atoms with van der Waals surface area (Å²) in [6, 6.07) is 0. The van der Waals surface area contributed by atoms with Crippen molar-refractivity contribution in [3.8, 4) is 0 Å². The van der Waals surface area contributed by atoms with Crippen molar-refractivity contribution in [3.63, 3.8) is 0 Å². The van der Waals surface area contributed by atoms with E-state index in [1.54, 1.807) is 6.08 Å². The van der Waals surface area contributed by atoms with E-state index >= 15 is 0 Å². The van der Waals surface area contributed by atoms with E-state index in [9.17, 15) is 9.59 Å². The SMILES string of the molecule is C=CC(=CCCCCCCCC(=O)O)C(=O)O. The van der Waals surface area contributed by atoms with Gasteiger partial charge in [-0.05, 0) is 19.3 Å². The van der Waals surface area contributed by atoms with Crippen LogP contribution in [0.5, 0.6) is 0 Å². The molecule has 0 spiro atoms. The van der Waals surface area contributed by atoms with Crippen LogP contribution in [0.3, 0.4) is 0 Å². The molecule has 0 rings (SSSR count). The molecule has 0 aliphatic carbocycles. The standard InChI is InChI=1S/C13H20O4/c1-2-11(13(16)17)9-7-5-3-4-6-8-10-12(14)15/h2,9H,1,3-8,10H2,(H,14,15)(H,16,17). The van der Waals surface area contributed by atoms with Gasteiger partial charge >= 0.3 is 11.9 Å². The van der Waals surface area contributed by atoms with Crippen LogP contribution in [0.15, 0.2) is 24.3 Å². The Bertz CT molecular complexity index is 292. The number of hydrogen-bond acceptors (Lipinski definition) is 2. The van der Waals surface area contributed by atoms with Gasteiger partial charge in [0.15, 0.2) is 0 Å². The van der Waals surface area contributed by atoms with Gasteiger partial charge in [0.1, 0.15) is 0 Å². The van der Waals surface area contributed by atoms with Crippen LogP contribution < -0.4 is 0 Å². The highest BCUT2D eigenvalue weighted by atomic mass is 16.4. The smallest absolute Gasteiger partial charge is 0.335 e. The number of rotatable bonds is 10. The molecule has 0 atom stereocenters. The van der Waals surface area contributed by atoms with E-state index in [1.165, 1.54) is 6.08 Å². The zero-order valence-electron chi connectivity index (χ0n) is 10.0. The predicted octanol–water partition coefficient (Wildman–Crippen LogP) is 3.00. The summed E-state index contributed by atoms with van der Waals surface area (Å²) in [5.41, 5.74) is 0.246. The summed E-state index contributed by atoms with van der Waals surface area (Å²) in [4.78, 5) is 20.8. The lowest BCUT2D eigenvalue weighted by Crippen LogP contribution is -1.96. The van der Waals surface area contributed by atoms with Crippen LogP contribution >= 0.6 is 0 Å². The molecular formula is C13H20O4. The topological polar surface area (TPSA) is 74.6 Å². The molecule has 0 aromatic carbocycles. The maximum atomic E-state index is 10.6. The molecule has 0 saturated carbocycles. The Morgan fingerprint density at radius 3 is 2.12 bits per heavy atom. The lowest BCUT2D eigenvalue weighted by molar-refractivity contribution is -0.137. The van der Waals surface area contributed by atoms with Crippen LogP contribution in [0.4, 0.5) is 0 Å². The fourth-order valence-electron chi connectivity index (χ4n) is 1.47. The zero-order valence-corrected chi connectivity index (χ0v) is 10.0. The predicted molar refractivity (Wildman–Crippen MR) is 65.9 cm³/mol. The zero-order chi connectivity index (χ0) is 13.1. The van der Waals surface area contributed by atoms with E-state index in [1.807, 2.05) is 0 Å². The number of carbonyl (C=O) groups is 2. The van der Waals surface area contributed by atoms with Gasteiger partial charge in [0.25, 0.3) is 0 Å². The Morgan fingerprint density at radius 2 is 1.59 bits per heavy atom. The van der Waals surface area contributed by atoms with Gasteiger partial charge in [-0.25, -0.2) is 4.79 Å². The second kappa shape index (κ2) is 9.63. The molecule has 0 unspecified atom stereocenters.